The molecular formula is C17H22N2O5S. The van der Waals surface area contributed by atoms with Crippen molar-refractivity contribution < 1.29 is 23.1 Å². The van der Waals surface area contributed by atoms with Gasteiger partial charge in [-0.25, -0.2) is 13.2 Å². The molecule has 2 saturated heterocycles. The first-order valence-electron chi connectivity index (χ1n) is 8.50. The third-order valence-electron chi connectivity index (χ3n) is 4.94. The third kappa shape index (κ3) is 3.55. The molecule has 0 bridgehead atoms. The molecule has 2 atom stereocenters. The fourth-order valence-corrected chi connectivity index (χ4v) is 5.17. The SMILES string of the molecule is O=C(O)C1CCCN1C(=O)C1CCCN(S(=O)(=O)c2ccccc2)C1. The largest absolute Gasteiger partial charge is 0.480 e. The molecule has 0 aliphatic carbocycles. The Balaban J connectivity index is 1.75. The summed E-state index contributed by atoms with van der Waals surface area (Å²) < 4.78 is 26.9. The molecule has 1 N–H and O–H groups in total. The van der Waals surface area contributed by atoms with E-state index in [0.29, 0.717) is 38.8 Å². The summed E-state index contributed by atoms with van der Waals surface area (Å²) >= 11 is 0. The highest BCUT2D eigenvalue weighted by molar-refractivity contribution is 7.89. The number of carboxylic acids is 1. The van der Waals surface area contributed by atoms with E-state index in [1.165, 1.54) is 9.21 Å². The number of carbonyl (C=O) groups is 2. The van der Waals surface area contributed by atoms with Gasteiger partial charge in [0.25, 0.3) is 0 Å². The Labute approximate surface area is 147 Å². The summed E-state index contributed by atoms with van der Waals surface area (Å²) in [4.78, 5) is 25.7. The molecule has 1 aromatic carbocycles. The van der Waals surface area contributed by atoms with Crippen LogP contribution in [0.2, 0.25) is 0 Å². The van der Waals surface area contributed by atoms with E-state index in [0.717, 1.165) is 0 Å². The number of carbonyl (C=O) groups excluding carboxylic acids is 1. The first-order valence-corrected chi connectivity index (χ1v) is 9.94. The third-order valence-corrected chi connectivity index (χ3v) is 6.81. The highest BCUT2D eigenvalue weighted by Gasteiger charge is 2.40. The van der Waals surface area contributed by atoms with Gasteiger partial charge in [0.15, 0.2) is 0 Å². The number of hydrogen-bond donors (Lipinski definition) is 1. The minimum Gasteiger partial charge on any atom is -0.480 e. The van der Waals surface area contributed by atoms with Crippen LogP contribution in [0.15, 0.2) is 35.2 Å². The summed E-state index contributed by atoms with van der Waals surface area (Å²) in [6, 6.07) is 7.39. The number of aliphatic carboxylic acids is 1. The van der Waals surface area contributed by atoms with Gasteiger partial charge >= 0.3 is 5.97 Å². The predicted molar refractivity (Wildman–Crippen MR) is 90.3 cm³/mol. The van der Waals surface area contributed by atoms with E-state index in [1.54, 1.807) is 30.3 Å². The van der Waals surface area contributed by atoms with Crippen molar-refractivity contribution in [1.29, 1.82) is 0 Å². The Hall–Kier alpha value is -1.93. The predicted octanol–water partition coefficient (Wildman–Crippen LogP) is 1.16. The van der Waals surface area contributed by atoms with Crippen LogP contribution in [-0.4, -0.2) is 60.3 Å². The summed E-state index contributed by atoms with van der Waals surface area (Å²) in [6.07, 6.45) is 2.30. The highest BCUT2D eigenvalue weighted by Crippen LogP contribution is 2.27. The summed E-state index contributed by atoms with van der Waals surface area (Å²) in [5.74, 6) is -1.71. The first-order chi connectivity index (χ1) is 11.9. The molecule has 2 aliphatic rings. The standard InChI is InChI=1S/C17H22N2O5S/c20-16(19-11-5-9-15(19)17(21)22)13-6-4-10-18(12-13)25(23,24)14-7-2-1-3-8-14/h1-3,7-8,13,15H,4-6,9-12H2,(H,21,22). The van der Waals surface area contributed by atoms with Gasteiger partial charge in [0.05, 0.1) is 10.8 Å². The molecule has 8 heteroatoms. The number of carboxylic acid groups (broad SMARTS) is 1. The van der Waals surface area contributed by atoms with Crippen molar-refractivity contribution >= 4 is 21.9 Å². The fraction of sp³-hybridized carbons (Fsp3) is 0.529. The highest BCUT2D eigenvalue weighted by atomic mass is 32.2. The van der Waals surface area contributed by atoms with E-state index in [2.05, 4.69) is 0 Å². The maximum atomic E-state index is 12.8. The molecular weight excluding hydrogens is 344 g/mol. The molecule has 2 fully saturated rings. The minimum atomic E-state index is -3.64. The molecule has 2 aliphatic heterocycles. The van der Waals surface area contributed by atoms with Gasteiger partial charge in [0, 0.05) is 19.6 Å². The lowest BCUT2D eigenvalue weighted by molar-refractivity contribution is -0.150. The van der Waals surface area contributed by atoms with Crippen LogP contribution in [0.3, 0.4) is 0 Å². The number of nitrogens with zero attached hydrogens (tertiary/aromatic N) is 2. The van der Waals surface area contributed by atoms with Crippen molar-refractivity contribution in [2.75, 3.05) is 19.6 Å². The topological polar surface area (TPSA) is 95.0 Å². The number of hydrogen-bond acceptors (Lipinski definition) is 4. The Morgan fingerprint density at radius 3 is 2.40 bits per heavy atom. The molecule has 0 spiro atoms. The first kappa shape index (κ1) is 17.9. The van der Waals surface area contributed by atoms with Crippen LogP contribution in [0, 0.1) is 5.92 Å². The van der Waals surface area contributed by atoms with Crippen molar-refractivity contribution in [3.05, 3.63) is 30.3 Å². The van der Waals surface area contributed by atoms with Crippen LogP contribution < -0.4 is 0 Å². The number of rotatable bonds is 4. The van der Waals surface area contributed by atoms with Crippen LogP contribution in [0.4, 0.5) is 0 Å². The molecule has 2 unspecified atom stereocenters. The molecule has 2 heterocycles. The lowest BCUT2D eigenvalue weighted by Crippen LogP contribution is -2.49. The lowest BCUT2D eigenvalue weighted by Gasteiger charge is -2.34. The van der Waals surface area contributed by atoms with Gasteiger partial charge < -0.3 is 10.0 Å². The Morgan fingerprint density at radius 1 is 1.04 bits per heavy atom. The van der Waals surface area contributed by atoms with E-state index in [1.807, 2.05) is 0 Å². The van der Waals surface area contributed by atoms with Gasteiger partial charge in [-0.15, -0.1) is 0 Å². The average Bonchev–Trinajstić information content (AvgIpc) is 3.12. The Bertz CT molecular complexity index is 750. The van der Waals surface area contributed by atoms with Crippen LogP contribution in [0.5, 0.6) is 0 Å². The van der Waals surface area contributed by atoms with Gasteiger partial charge in [-0.1, -0.05) is 18.2 Å². The van der Waals surface area contributed by atoms with Gasteiger partial charge in [0.2, 0.25) is 15.9 Å². The molecule has 25 heavy (non-hydrogen) atoms. The smallest absolute Gasteiger partial charge is 0.326 e. The van der Waals surface area contributed by atoms with Crippen LogP contribution >= 0.6 is 0 Å². The van der Waals surface area contributed by atoms with Gasteiger partial charge in [0.1, 0.15) is 6.04 Å². The maximum absolute atomic E-state index is 12.8. The molecule has 136 valence electrons. The summed E-state index contributed by atoms with van der Waals surface area (Å²) in [5.41, 5.74) is 0. The quantitative estimate of drug-likeness (QED) is 0.863. The van der Waals surface area contributed by atoms with Crippen molar-refractivity contribution in [2.24, 2.45) is 5.92 Å². The summed E-state index contributed by atoms with van der Waals surface area (Å²) in [6.45, 7) is 0.917. The molecule has 1 amide bonds. The zero-order valence-electron chi connectivity index (χ0n) is 13.9. The molecule has 1 aromatic rings. The van der Waals surface area contributed by atoms with Crippen molar-refractivity contribution in [1.82, 2.24) is 9.21 Å². The van der Waals surface area contributed by atoms with Gasteiger partial charge in [-0.2, -0.15) is 4.31 Å². The van der Waals surface area contributed by atoms with Gasteiger partial charge in [-0.05, 0) is 37.8 Å². The zero-order chi connectivity index (χ0) is 18.0. The van der Waals surface area contributed by atoms with Crippen LogP contribution in [0.1, 0.15) is 25.7 Å². The van der Waals surface area contributed by atoms with Crippen LogP contribution in [0.25, 0.3) is 0 Å². The van der Waals surface area contributed by atoms with Crippen molar-refractivity contribution in [2.45, 2.75) is 36.6 Å². The maximum Gasteiger partial charge on any atom is 0.326 e. The molecule has 0 aromatic heterocycles. The zero-order valence-corrected chi connectivity index (χ0v) is 14.7. The van der Waals surface area contributed by atoms with E-state index >= 15 is 0 Å². The molecule has 0 radical (unpaired) electrons. The van der Waals surface area contributed by atoms with Gasteiger partial charge in [-0.3, -0.25) is 4.79 Å². The second kappa shape index (κ2) is 7.13. The number of piperidine rings is 1. The average molecular weight is 366 g/mol. The second-order valence-electron chi connectivity index (χ2n) is 6.54. The van der Waals surface area contributed by atoms with E-state index in [9.17, 15) is 23.1 Å². The van der Waals surface area contributed by atoms with E-state index < -0.39 is 28.0 Å². The van der Waals surface area contributed by atoms with E-state index in [4.69, 9.17) is 0 Å². The molecule has 0 saturated carbocycles. The Kier molecular flexibility index (Phi) is 5.10. The second-order valence-corrected chi connectivity index (χ2v) is 8.48. The van der Waals surface area contributed by atoms with Crippen molar-refractivity contribution in [3.8, 4) is 0 Å². The number of amides is 1. The van der Waals surface area contributed by atoms with Crippen LogP contribution in [-0.2, 0) is 19.6 Å². The van der Waals surface area contributed by atoms with E-state index in [-0.39, 0.29) is 17.3 Å². The molecule has 7 nitrogen and oxygen atoms in total. The minimum absolute atomic E-state index is 0.110. The normalized spacial score (nSPS) is 25.0. The number of sulfonamides is 1. The Morgan fingerprint density at radius 2 is 1.72 bits per heavy atom. The van der Waals surface area contributed by atoms with Crippen molar-refractivity contribution in [3.63, 3.8) is 0 Å². The lowest BCUT2D eigenvalue weighted by atomic mass is 9.97. The number of likely N-dealkylation sites (tertiary alicyclic amines) is 1. The summed E-state index contributed by atoms with van der Waals surface area (Å²) in [7, 11) is -3.64. The molecule has 3 rings (SSSR count). The number of benzene rings is 1. The monoisotopic (exact) mass is 366 g/mol. The summed E-state index contributed by atoms with van der Waals surface area (Å²) in [5, 5.41) is 9.26. The fourth-order valence-electron chi connectivity index (χ4n) is 3.63.